The van der Waals surface area contributed by atoms with Crippen LogP contribution in [-0.2, 0) is 0 Å². The quantitative estimate of drug-likeness (QED) is 0.589. The second kappa shape index (κ2) is 7.07. The van der Waals surface area contributed by atoms with Crippen LogP contribution in [0.15, 0.2) is 55.1 Å². The van der Waals surface area contributed by atoms with Crippen LogP contribution in [0.1, 0.15) is 16.1 Å². The molecule has 4 aromatic rings. The first kappa shape index (κ1) is 17.6. The summed E-state index contributed by atoms with van der Waals surface area (Å²) in [5.74, 6) is -0.195. The first-order valence-electron chi connectivity index (χ1n) is 8.46. The van der Waals surface area contributed by atoms with Gasteiger partial charge in [-0.15, -0.1) is 0 Å². The molecule has 0 radical (unpaired) electrons. The van der Waals surface area contributed by atoms with E-state index < -0.39 is 11.7 Å². The number of rotatable bonds is 4. The smallest absolute Gasteiger partial charge is 0.259 e. The summed E-state index contributed by atoms with van der Waals surface area (Å²) in [4.78, 5) is 25.2. The molecule has 1 N–H and O–H groups in total. The maximum absolute atomic E-state index is 14.0. The van der Waals surface area contributed by atoms with Gasteiger partial charge in [0.05, 0.1) is 18.9 Å². The van der Waals surface area contributed by atoms with E-state index in [9.17, 15) is 9.18 Å². The van der Waals surface area contributed by atoms with Crippen molar-refractivity contribution in [2.45, 2.75) is 6.92 Å². The molecule has 140 valence electrons. The second-order valence-corrected chi connectivity index (χ2v) is 6.16. The lowest BCUT2D eigenvalue weighted by atomic mass is 10.1. The highest BCUT2D eigenvalue weighted by atomic mass is 19.1. The summed E-state index contributed by atoms with van der Waals surface area (Å²) in [7, 11) is 1.45. The minimum atomic E-state index is -0.643. The van der Waals surface area contributed by atoms with Gasteiger partial charge in [-0.3, -0.25) is 14.2 Å². The average molecular weight is 377 g/mol. The molecule has 0 unspecified atom stereocenters. The molecule has 0 aliphatic rings. The number of aromatic nitrogens is 4. The van der Waals surface area contributed by atoms with Crippen LogP contribution in [0, 0.1) is 12.7 Å². The normalized spacial score (nSPS) is 10.8. The molecular formula is C20H16FN5O2. The fraction of sp³-hybridized carbons (Fsp3) is 0.100. The summed E-state index contributed by atoms with van der Waals surface area (Å²) in [5, 5.41) is 2.59. The van der Waals surface area contributed by atoms with Gasteiger partial charge in [0.25, 0.3) is 5.91 Å². The summed E-state index contributed by atoms with van der Waals surface area (Å²) >= 11 is 0. The Morgan fingerprint density at radius 2 is 2.00 bits per heavy atom. The van der Waals surface area contributed by atoms with Crippen molar-refractivity contribution in [3.63, 3.8) is 0 Å². The Kier molecular flexibility index (Phi) is 4.44. The van der Waals surface area contributed by atoms with Crippen molar-refractivity contribution in [2.24, 2.45) is 0 Å². The first-order chi connectivity index (χ1) is 13.5. The van der Waals surface area contributed by atoms with E-state index in [-0.39, 0.29) is 11.4 Å². The van der Waals surface area contributed by atoms with Crippen LogP contribution in [-0.4, -0.2) is 32.4 Å². The SMILES string of the molecule is COc1ccc(F)c(C(=O)Nc2cn3cc(-c4ccnc(C)c4)cnc3n2)c1. The minimum Gasteiger partial charge on any atom is -0.497 e. The lowest BCUT2D eigenvalue weighted by Gasteiger charge is -2.05. The number of hydrogen-bond acceptors (Lipinski definition) is 5. The number of aryl methyl sites for hydroxylation is 1. The van der Waals surface area contributed by atoms with Crippen LogP contribution in [0.2, 0.25) is 0 Å². The fourth-order valence-electron chi connectivity index (χ4n) is 2.81. The van der Waals surface area contributed by atoms with Crippen LogP contribution >= 0.6 is 0 Å². The van der Waals surface area contributed by atoms with Gasteiger partial charge in [0.1, 0.15) is 11.6 Å². The van der Waals surface area contributed by atoms with Gasteiger partial charge >= 0.3 is 0 Å². The predicted octanol–water partition coefficient (Wildman–Crippen LogP) is 3.50. The number of nitrogens with zero attached hydrogens (tertiary/aromatic N) is 4. The second-order valence-electron chi connectivity index (χ2n) is 6.16. The van der Waals surface area contributed by atoms with E-state index in [1.165, 1.54) is 25.3 Å². The van der Waals surface area contributed by atoms with Gasteiger partial charge < -0.3 is 10.1 Å². The summed E-state index contributed by atoms with van der Waals surface area (Å²) in [5.41, 5.74) is 2.63. The van der Waals surface area contributed by atoms with Crippen molar-refractivity contribution < 1.29 is 13.9 Å². The summed E-state index contributed by atoms with van der Waals surface area (Å²) in [6.07, 6.45) is 6.91. The van der Waals surface area contributed by atoms with Crippen molar-refractivity contribution in [3.05, 3.63) is 72.2 Å². The largest absolute Gasteiger partial charge is 0.497 e. The minimum absolute atomic E-state index is 0.127. The third kappa shape index (κ3) is 3.39. The number of methoxy groups -OCH3 is 1. The Labute approximate surface area is 159 Å². The number of ether oxygens (including phenoxy) is 1. The third-order valence-electron chi connectivity index (χ3n) is 4.20. The van der Waals surface area contributed by atoms with E-state index in [4.69, 9.17) is 4.74 Å². The van der Waals surface area contributed by atoms with E-state index >= 15 is 0 Å². The van der Waals surface area contributed by atoms with Crippen LogP contribution < -0.4 is 10.1 Å². The van der Waals surface area contributed by atoms with Crippen LogP contribution in [0.3, 0.4) is 0 Å². The van der Waals surface area contributed by atoms with Gasteiger partial charge in [-0.05, 0) is 42.8 Å². The predicted molar refractivity (Wildman–Crippen MR) is 102 cm³/mol. The lowest BCUT2D eigenvalue weighted by Crippen LogP contribution is -2.14. The number of amides is 1. The van der Waals surface area contributed by atoms with Crippen LogP contribution in [0.5, 0.6) is 5.75 Å². The zero-order valence-electron chi connectivity index (χ0n) is 15.2. The molecule has 0 atom stereocenters. The molecule has 3 heterocycles. The van der Waals surface area contributed by atoms with Gasteiger partial charge in [0, 0.05) is 29.8 Å². The van der Waals surface area contributed by atoms with Crippen LogP contribution in [0.4, 0.5) is 10.2 Å². The number of benzene rings is 1. The van der Waals surface area contributed by atoms with Crippen molar-refractivity contribution in [1.29, 1.82) is 0 Å². The molecule has 8 heteroatoms. The van der Waals surface area contributed by atoms with E-state index in [1.54, 1.807) is 23.0 Å². The molecule has 0 fully saturated rings. The Morgan fingerprint density at radius 3 is 2.79 bits per heavy atom. The summed E-state index contributed by atoms with van der Waals surface area (Å²) < 4.78 is 20.7. The van der Waals surface area contributed by atoms with Crippen molar-refractivity contribution in [3.8, 4) is 16.9 Å². The Hall–Kier alpha value is -3.81. The van der Waals surface area contributed by atoms with Gasteiger partial charge in [-0.1, -0.05) is 0 Å². The zero-order valence-corrected chi connectivity index (χ0v) is 15.2. The number of nitrogens with one attached hydrogen (secondary N) is 1. The molecule has 0 aliphatic heterocycles. The molecule has 1 aromatic carbocycles. The topological polar surface area (TPSA) is 81.4 Å². The van der Waals surface area contributed by atoms with E-state index in [0.717, 1.165) is 16.8 Å². The Morgan fingerprint density at radius 1 is 1.14 bits per heavy atom. The molecule has 4 rings (SSSR count). The highest BCUT2D eigenvalue weighted by Crippen LogP contribution is 2.21. The number of anilines is 1. The highest BCUT2D eigenvalue weighted by molar-refractivity contribution is 6.04. The van der Waals surface area contributed by atoms with E-state index in [0.29, 0.717) is 11.5 Å². The lowest BCUT2D eigenvalue weighted by molar-refractivity contribution is 0.102. The zero-order chi connectivity index (χ0) is 19.7. The Bertz CT molecular complexity index is 1190. The molecule has 0 spiro atoms. The van der Waals surface area contributed by atoms with Crippen molar-refractivity contribution >= 4 is 17.5 Å². The number of pyridine rings is 1. The van der Waals surface area contributed by atoms with Gasteiger partial charge in [-0.25, -0.2) is 9.37 Å². The average Bonchev–Trinajstić information content (AvgIpc) is 3.09. The number of carbonyl (C=O) groups excluding carboxylic acids is 1. The van der Waals surface area contributed by atoms with Crippen molar-refractivity contribution in [1.82, 2.24) is 19.4 Å². The molecule has 0 saturated heterocycles. The molecule has 0 aliphatic carbocycles. The van der Waals surface area contributed by atoms with E-state index in [1.807, 2.05) is 25.3 Å². The third-order valence-corrected chi connectivity index (χ3v) is 4.20. The summed E-state index contributed by atoms with van der Waals surface area (Å²) in [6.45, 7) is 1.91. The number of halogens is 1. The molecule has 7 nitrogen and oxygen atoms in total. The summed E-state index contributed by atoms with van der Waals surface area (Å²) in [6, 6.07) is 7.81. The Balaban J connectivity index is 1.62. The van der Waals surface area contributed by atoms with Gasteiger partial charge in [0.15, 0.2) is 5.82 Å². The number of hydrogen-bond donors (Lipinski definition) is 1. The van der Waals surface area contributed by atoms with Crippen molar-refractivity contribution in [2.75, 3.05) is 12.4 Å². The maximum Gasteiger partial charge on any atom is 0.259 e. The molecule has 3 aromatic heterocycles. The van der Waals surface area contributed by atoms with Gasteiger partial charge in [0.2, 0.25) is 5.78 Å². The standard InChI is InChI=1S/C20H16FN5O2/c1-12-7-13(5-6-22-12)14-9-23-20-25-18(11-26(20)10-14)24-19(27)16-8-15(28-2)3-4-17(16)21/h3-11H,1-2H3,(H,24,27). The first-order valence-corrected chi connectivity index (χ1v) is 8.46. The molecule has 0 bridgehead atoms. The highest BCUT2D eigenvalue weighted by Gasteiger charge is 2.15. The number of carbonyl (C=O) groups is 1. The van der Waals surface area contributed by atoms with E-state index in [2.05, 4.69) is 20.3 Å². The number of imidazole rings is 1. The molecule has 0 saturated carbocycles. The molecular weight excluding hydrogens is 361 g/mol. The fourth-order valence-corrected chi connectivity index (χ4v) is 2.81. The number of fused-ring (bicyclic) bond motifs is 1. The molecule has 28 heavy (non-hydrogen) atoms. The monoisotopic (exact) mass is 377 g/mol. The van der Waals surface area contributed by atoms with Gasteiger partial charge in [-0.2, -0.15) is 4.98 Å². The maximum atomic E-state index is 14.0. The molecule has 1 amide bonds. The van der Waals surface area contributed by atoms with Crippen LogP contribution in [0.25, 0.3) is 16.9 Å².